The van der Waals surface area contributed by atoms with Crippen LogP contribution < -0.4 is 15.4 Å². The Morgan fingerprint density at radius 3 is 2.86 bits per heavy atom. The average Bonchev–Trinajstić information content (AvgIpc) is 2.67. The molecule has 29 heavy (non-hydrogen) atoms. The predicted octanol–water partition coefficient (Wildman–Crippen LogP) is 1.89. The van der Waals surface area contributed by atoms with Gasteiger partial charge in [-0.3, -0.25) is 9.59 Å². The van der Waals surface area contributed by atoms with Gasteiger partial charge in [-0.1, -0.05) is 13.8 Å². The number of hydrogen-bond acceptors (Lipinski definition) is 5. The lowest BCUT2D eigenvalue weighted by molar-refractivity contribution is -0.126. The SMILES string of the molecule is Cc1cc2c(cc1S(=O)(=O)N1CCC[C@H](C(=O)NCCC(C)C)C1)OCC(=O)N2. The Morgan fingerprint density at radius 1 is 1.38 bits per heavy atom. The van der Waals surface area contributed by atoms with E-state index in [1.807, 2.05) is 0 Å². The zero-order valence-electron chi connectivity index (χ0n) is 17.2. The second-order valence-electron chi connectivity index (χ2n) is 8.13. The highest BCUT2D eigenvalue weighted by Crippen LogP contribution is 2.35. The van der Waals surface area contributed by atoms with E-state index in [1.54, 1.807) is 13.0 Å². The second kappa shape index (κ2) is 8.71. The van der Waals surface area contributed by atoms with E-state index in [0.29, 0.717) is 48.8 Å². The van der Waals surface area contributed by atoms with Crippen molar-refractivity contribution in [2.45, 2.75) is 44.9 Å². The van der Waals surface area contributed by atoms with Gasteiger partial charge in [0.15, 0.2) is 6.61 Å². The Bertz CT molecular complexity index is 898. The van der Waals surface area contributed by atoms with Gasteiger partial charge >= 0.3 is 0 Å². The lowest BCUT2D eigenvalue weighted by atomic mass is 9.98. The number of anilines is 1. The Hall–Kier alpha value is -2.13. The third-order valence-corrected chi connectivity index (χ3v) is 7.31. The summed E-state index contributed by atoms with van der Waals surface area (Å²) in [5.41, 5.74) is 0.997. The highest BCUT2D eigenvalue weighted by molar-refractivity contribution is 7.89. The quantitative estimate of drug-likeness (QED) is 0.727. The third kappa shape index (κ3) is 4.90. The van der Waals surface area contributed by atoms with Crippen molar-refractivity contribution in [1.29, 1.82) is 0 Å². The van der Waals surface area contributed by atoms with Gasteiger partial charge in [-0.15, -0.1) is 0 Å². The van der Waals surface area contributed by atoms with Crippen molar-refractivity contribution in [3.63, 3.8) is 0 Å². The number of sulfonamides is 1. The number of hydrogen-bond donors (Lipinski definition) is 2. The van der Waals surface area contributed by atoms with Crippen molar-refractivity contribution in [3.05, 3.63) is 17.7 Å². The first-order valence-electron chi connectivity index (χ1n) is 10.0. The van der Waals surface area contributed by atoms with Crippen LogP contribution in [0.4, 0.5) is 5.69 Å². The Labute approximate surface area is 172 Å². The molecule has 1 fully saturated rings. The van der Waals surface area contributed by atoms with Crippen molar-refractivity contribution in [2.75, 3.05) is 31.6 Å². The molecule has 2 aliphatic rings. The zero-order chi connectivity index (χ0) is 21.2. The van der Waals surface area contributed by atoms with Gasteiger partial charge < -0.3 is 15.4 Å². The van der Waals surface area contributed by atoms with Crippen LogP contribution in [0.25, 0.3) is 0 Å². The van der Waals surface area contributed by atoms with E-state index < -0.39 is 10.0 Å². The van der Waals surface area contributed by atoms with E-state index in [2.05, 4.69) is 24.5 Å². The summed E-state index contributed by atoms with van der Waals surface area (Å²) in [6.07, 6.45) is 2.21. The van der Waals surface area contributed by atoms with Gasteiger partial charge in [0.25, 0.3) is 5.91 Å². The van der Waals surface area contributed by atoms with E-state index in [-0.39, 0.29) is 35.8 Å². The molecule has 0 spiro atoms. The summed E-state index contributed by atoms with van der Waals surface area (Å²) in [7, 11) is -3.78. The van der Waals surface area contributed by atoms with Crippen LogP contribution in [-0.2, 0) is 19.6 Å². The van der Waals surface area contributed by atoms with Gasteiger partial charge in [0, 0.05) is 25.7 Å². The molecule has 0 aromatic heterocycles. The summed E-state index contributed by atoms with van der Waals surface area (Å²) in [5.74, 6) is 0.138. The monoisotopic (exact) mass is 423 g/mol. The number of amides is 2. The number of fused-ring (bicyclic) bond motifs is 1. The number of piperidine rings is 1. The van der Waals surface area contributed by atoms with Crippen molar-refractivity contribution in [3.8, 4) is 5.75 Å². The van der Waals surface area contributed by atoms with Crippen molar-refractivity contribution >= 4 is 27.5 Å². The first-order chi connectivity index (χ1) is 13.7. The van der Waals surface area contributed by atoms with Crippen LogP contribution in [0.1, 0.15) is 38.7 Å². The Morgan fingerprint density at radius 2 is 2.14 bits per heavy atom. The molecule has 0 unspecified atom stereocenters. The minimum atomic E-state index is -3.78. The molecule has 2 aliphatic heterocycles. The standard InChI is InChI=1S/C20H29N3O5S/c1-13(2)6-7-21-20(25)15-5-4-8-23(11-15)29(26,27)18-10-17-16(9-14(18)3)22-19(24)12-28-17/h9-10,13,15H,4-8,11-12H2,1-3H3,(H,21,25)(H,22,24)/t15-/m0/s1. The maximum atomic E-state index is 13.3. The molecule has 0 radical (unpaired) electrons. The van der Waals surface area contributed by atoms with Gasteiger partial charge in [-0.2, -0.15) is 4.31 Å². The number of carbonyl (C=O) groups excluding carboxylic acids is 2. The number of nitrogens with zero attached hydrogens (tertiary/aromatic N) is 1. The topological polar surface area (TPSA) is 105 Å². The van der Waals surface area contributed by atoms with Crippen molar-refractivity contribution in [2.24, 2.45) is 11.8 Å². The summed E-state index contributed by atoms with van der Waals surface area (Å²) in [6, 6.07) is 3.07. The van der Waals surface area contributed by atoms with Gasteiger partial charge in [0.05, 0.1) is 16.5 Å². The lowest BCUT2D eigenvalue weighted by Gasteiger charge is -2.32. The summed E-state index contributed by atoms with van der Waals surface area (Å²) in [4.78, 5) is 24.1. The maximum absolute atomic E-state index is 13.3. The van der Waals surface area contributed by atoms with Crippen LogP contribution in [0, 0.1) is 18.8 Å². The third-order valence-electron chi connectivity index (χ3n) is 5.30. The van der Waals surface area contributed by atoms with E-state index in [9.17, 15) is 18.0 Å². The van der Waals surface area contributed by atoms with Crippen LogP contribution in [0.2, 0.25) is 0 Å². The fourth-order valence-corrected chi connectivity index (χ4v) is 5.38. The maximum Gasteiger partial charge on any atom is 0.262 e. The molecule has 0 saturated carbocycles. The molecule has 2 N–H and O–H groups in total. The molecule has 0 bridgehead atoms. The van der Waals surface area contributed by atoms with Crippen LogP contribution in [0.3, 0.4) is 0 Å². The largest absolute Gasteiger partial charge is 0.482 e. The minimum Gasteiger partial charge on any atom is -0.482 e. The van der Waals surface area contributed by atoms with Gasteiger partial charge in [-0.25, -0.2) is 8.42 Å². The predicted molar refractivity (Wildman–Crippen MR) is 109 cm³/mol. The summed E-state index contributed by atoms with van der Waals surface area (Å²) < 4.78 is 33.3. The molecule has 1 atom stereocenters. The number of nitrogens with one attached hydrogen (secondary N) is 2. The number of rotatable bonds is 6. The van der Waals surface area contributed by atoms with Crippen molar-refractivity contribution < 1.29 is 22.7 Å². The smallest absolute Gasteiger partial charge is 0.262 e. The Kier molecular flexibility index (Phi) is 6.48. The molecule has 2 amide bonds. The molecule has 2 heterocycles. The molecule has 160 valence electrons. The fourth-order valence-electron chi connectivity index (χ4n) is 3.64. The molecule has 0 aliphatic carbocycles. The number of carbonyl (C=O) groups is 2. The van der Waals surface area contributed by atoms with Crippen LogP contribution in [0.15, 0.2) is 17.0 Å². The van der Waals surface area contributed by atoms with E-state index >= 15 is 0 Å². The molecule has 1 saturated heterocycles. The highest BCUT2D eigenvalue weighted by atomic mass is 32.2. The summed E-state index contributed by atoms with van der Waals surface area (Å²) in [5, 5.41) is 5.61. The first kappa shape index (κ1) is 21.6. The Balaban J connectivity index is 1.75. The number of aryl methyl sites for hydroxylation is 1. The van der Waals surface area contributed by atoms with Crippen LogP contribution in [0.5, 0.6) is 5.75 Å². The molecular weight excluding hydrogens is 394 g/mol. The normalized spacial score (nSPS) is 20.0. The first-order valence-corrected chi connectivity index (χ1v) is 11.5. The van der Waals surface area contributed by atoms with Gasteiger partial charge in [0.1, 0.15) is 5.75 Å². The van der Waals surface area contributed by atoms with E-state index in [1.165, 1.54) is 10.4 Å². The van der Waals surface area contributed by atoms with Crippen LogP contribution >= 0.6 is 0 Å². The number of benzene rings is 1. The molecular formula is C20H29N3O5S. The molecule has 1 aromatic rings. The van der Waals surface area contributed by atoms with E-state index in [4.69, 9.17) is 4.74 Å². The second-order valence-corrected chi connectivity index (χ2v) is 10.0. The minimum absolute atomic E-state index is 0.0845. The summed E-state index contributed by atoms with van der Waals surface area (Å²) >= 11 is 0. The highest BCUT2D eigenvalue weighted by Gasteiger charge is 2.35. The molecule has 1 aromatic carbocycles. The molecule has 8 nitrogen and oxygen atoms in total. The average molecular weight is 424 g/mol. The summed E-state index contributed by atoms with van der Waals surface area (Å²) in [6.45, 7) is 6.89. The van der Waals surface area contributed by atoms with E-state index in [0.717, 1.165) is 6.42 Å². The van der Waals surface area contributed by atoms with Gasteiger partial charge in [0.2, 0.25) is 15.9 Å². The zero-order valence-corrected chi connectivity index (χ0v) is 18.0. The molecule has 3 rings (SSSR count). The van der Waals surface area contributed by atoms with Crippen molar-refractivity contribution in [1.82, 2.24) is 9.62 Å². The van der Waals surface area contributed by atoms with Crippen LogP contribution in [-0.4, -0.2) is 50.8 Å². The lowest BCUT2D eigenvalue weighted by Crippen LogP contribution is -2.45. The fraction of sp³-hybridized carbons (Fsp3) is 0.600. The molecule has 9 heteroatoms. The number of ether oxygens (including phenoxy) is 1. The van der Waals surface area contributed by atoms with Gasteiger partial charge in [-0.05, 0) is 43.7 Å².